The van der Waals surface area contributed by atoms with E-state index >= 15 is 0 Å². The van der Waals surface area contributed by atoms with Crippen molar-refractivity contribution in [1.82, 2.24) is 4.98 Å². The van der Waals surface area contributed by atoms with Crippen molar-refractivity contribution in [3.8, 4) is 5.75 Å². The average Bonchev–Trinajstić information content (AvgIpc) is 2.62. The zero-order valence-corrected chi connectivity index (χ0v) is 15.0. The standard InChI is InChI=1S/C20H18ClN3O2/c1-14-6-2-3-7-15(14)13-26-18-10-5-11-22-19(18)24-20(25)23-17-9-4-8-16(21)12-17/h2-12H,13H2,1H3,(H2,22,23,24,25). The number of carbonyl (C=O) groups excluding carboxylic acids is 1. The topological polar surface area (TPSA) is 63.2 Å². The van der Waals surface area contributed by atoms with Crippen LogP contribution in [0.2, 0.25) is 5.02 Å². The Kier molecular flexibility index (Phi) is 5.71. The smallest absolute Gasteiger partial charge is 0.324 e. The predicted octanol–water partition coefficient (Wildman–Crippen LogP) is 5.27. The summed E-state index contributed by atoms with van der Waals surface area (Å²) < 4.78 is 5.85. The minimum Gasteiger partial charge on any atom is -0.485 e. The van der Waals surface area contributed by atoms with Gasteiger partial charge in [-0.25, -0.2) is 9.78 Å². The van der Waals surface area contributed by atoms with Gasteiger partial charge >= 0.3 is 6.03 Å². The number of halogens is 1. The molecule has 0 aliphatic rings. The molecule has 6 heteroatoms. The van der Waals surface area contributed by atoms with Crippen LogP contribution in [0.25, 0.3) is 0 Å². The summed E-state index contributed by atoms with van der Waals surface area (Å²) >= 11 is 5.92. The monoisotopic (exact) mass is 367 g/mol. The second kappa shape index (κ2) is 8.36. The van der Waals surface area contributed by atoms with E-state index < -0.39 is 6.03 Å². The minimum absolute atomic E-state index is 0.348. The summed E-state index contributed by atoms with van der Waals surface area (Å²) in [6.45, 7) is 2.42. The molecule has 132 valence electrons. The van der Waals surface area contributed by atoms with E-state index in [0.717, 1.165) is 11.1 Å². The van der Waals surface area contributed by atoms with E-state index in [0.29, 0.717) is 28.9 Å². The highest BCUT2D eigenvalue weighted by Crippen LogP contribution is 2.23. The zero-order chi connectivity index (χ0) is 18.4. The molecule has 0 aliphatic heterocycles. The molecule has 0 bridgehead atoms. The van der Waals surface area contributed by atoms with E-state index in [9.17, 15) is 4.79 Å². The Bertz CT molecular complexity index is 915. The highest BCUT2D eigenvalue weighted by molar-refractivity contribution is 6.30. The molecule has 2 amide bonds. The van der Waals surface area contributed by atoms with E-state index in [1.54, 1.807) is 42.6 Å². The summed E-state index contributed by atoms with van der Waals surface area (Å²) in [6, 6.07) is 18.0. The fourth-order valence-corrected chi connectivity index (χ4v) is 2.55. The summed E-state index contributed by atoms with van der Waals surface area (Å²) in [7, 11) is 0. The average molecular weight is 368 g/mol. The van der Waals surface area contributed by atoms with Crippen LogP contribution in [0.1, 0.15) is 11.1 Å². The van der Waals surface area contributed by atoms with E-state index in [1.807, 2.05) is 31.2 Å². The van der Waals surface area contributed by atoms with Crippen molar-refractivity contribution < 1.29 is 9.53 Å². The molecule has 2 aromatic carbocycles. The maximum atomic E-state index is 12.2. The molecule has 0 radical (unpaired) electrons. The lowest BCUT2D eigenvalue weighted by atomic mass is 10.1. The van der Waals surface area contributed by atoms with Crippen LogP contribution in [0.3, 0.4) is 0 Å². The summed E-state index contributed by atoms with van der Waals surface area (Å²) in [5, 5.41) is 5.96. The molecule has 0 atom stereocenters. The Morgan fingerprint density at radius 2 is 1.92 bits per heavy atom. The molecule has 5 nitrogen and oxygen atoms in total. The molecule has 2 N–H and O–H groups in total. The lowest BCUT2D eigenvalue weighted by Crippen LogP contribution is -2.20. The fourth-order valence-electron chi connectivity index (χ4n) is 2.36. The number of nitrogens with one attached hydrogen (secondary N) is 2. The van der Waals surface area contributed by atoms with E-state index in [2.05, 4.69) is 15.6 Å². The molecule has 0 saturated heterocycles. The zero-order valence-electron chi connectivity index (χ0n) is 14.2. The predicted molar refractivity (Wildman–Crippen MR) is 104 cm³/mol. The van der Waals surface area contributed by atoms with E-state index in [4.69, 9.17) is 16.3 Å². The Balaban J connectivity index is 1.67. The highest BCUT2D eigenvalue weighted by atomic mass is 35.5. The maximum Gasteiger partial charge on any atom is 0.324 e. The van der Waals surface area contributed by atoms with Gasteiger partial charge in [0, 0.05) is 16.9 Å². The van der Waals surface area contributed by atoms with Crippen molar-refractivity contribution in [2.45, 2.75) is 13.5 Å². The second-order valence-corrected chi connectivity index (χ2v) is 6.09. The Labute approximate surface area is 157 Å². The van der Waals surface area contributed by atoms with Crippen LogP contribution < -0.4 is 15.4 Å². The molecule has 0 unspecified atom stereocenters. The normalized spacial score (nSPS) is 10.2. The van der Waals surface area contributed by atoms with Gasteiger partial charge in [0.15, 0.2) is 11.6 Å². The molecule has 0 fully saturated rings. The van der Waals surface area contributed by atoms with Gasteiger partial charge in [0.2, 0.25) is 0 Å². The molecule has 3 aromatic rings. The number of aryl methyl sites for hydroxylation is 1. The van der Waals surface area contributed by atoms with Crippen molar-refractivity contribution in [3.63, 3.8) is 0 Å². The summed E-state index contributed by atoms with van der Waals surface area (Å²) in [5.74, 6) is 0.845. The van der Waals surface area contributed by atoms with Crippen molar-refractivity contribution in [3.05, 3.63) is 83.0 Å². The first-order valence-electron chi connectivity index (χ1n) is 8.08. The molecular formula is C20H18ClN3O2. The van der Waals surface area contributed by atoms with Gasteiger partial charge in [-0.3, -0.25) is 5.32 Å². The number of urea groups is 1. The van der Waals surface area contributed by atoms with Crippen molar-refractivity contribution in [2.75, 3.05) is 10.6 Å². The van der Waals surface area contributed by atoms with Gasteiger partial charge in [0.1, 0.15) is 6.61 Å². The summed E-state index contributed by atoms with van der Waals surface area (Å²) in [5.41, 5.74) is 2.81. The molecule has 0 saturated carbocycles. The Morgan fingerprint density at radius 3 is 2.73 bits per heavy atom. The molecule has 0 spiro atoms. The molecule has 26 heavy (non-hydrogen) atoms. The first-order chi connectivity index (χ1) is 12.6. The van der Waals surface area contributed by atoms with E-state index in [1.165, 1.54) is 0 Å². The number of benzene rings is 2. The minimum atomic E-state index is -0.424. The number of carbonyl (C=O) groups is 1. The Hall–Kier alpha value is -3.05. The van der Waals surface area contributed by atoms with Gasteiger partial charge in [0.25, 0.3) is 0 Å². The molecule has 0 aliphatic carbocycles. The number of hydrogen-bond acceptors (Lipinski definition) is 3. The fraction of sp³-hybridized carbons (Fsp3) is 0.100. The first kappa shape index (κ1) is 17.8. The Morgan fingerprint density at radius 1 is 1.08 bits per heavy atom. The number of rotatable bonds is 5. The van der Waals surface area contributed by atoms with Crippen LogP contribution in [0.5, 0.6) is 5.75 Å². The van der Waals surface area contributed by atoms with E-state index in [-0.39, 0.29) is 0 Å². The van der Waals surface area contributed by atoms with Crippen LogP contribution in [-0.4, -0.2) is 11.0 Å². The number of amides is 2. The molecule has 3 rings (SSSR count). The number of anilines is 2. The van der Waals surface area contributed by atoms with Crippen LogP contribution in [0.15, 0.2) is 66.9 Å². The quantitative estimate of drug-likeness (QED) is 0.646. The molecule has 1 aromatic heterocycles. The van der Waals surface area contributed by atoms with Gasteiger partial charge in [-0.2, -0.15) is 0 Å². The summed E-state index contributed by atoms with van der Waals surface area (Å²) in [4.78, 5) is 16.4. The maximum absolute atomic E-state index is 12.2. The van der Waals surface area contributed by atoms with Crippen molar-refractivity contribution in [2.24, 2.45) is 0 Å². The third-order valence-electron chi connectivity index (χ3n) is 3.73. The lowest BCUT2D eigenvalue weighted by Gasteiger charge is -2.13. The van der Waals surface area contributed by atoms with Gasteiger partial charge in [-0.1, -0.05) is 41.9 Å². The highest BCUT2D eigenvalue weighted by Gasteiger charge is 2.10. The third-order valence-corrected chi connectivity index (χ3v) is 3.96. The largest absolute Gasteiger partial charge is 0.485 e. The number of hydrogen-bond donors (Lipinski definition) is 2. The number of aromatic nitrogens is 1. The van der Waals surface area contributed by atoms with Crippen LogP contribution >= 0.6 is 11.6 Å². The number of pyridine rings is 1. The van der Waals surface area contributed by atoms with Crippen molar-refractivity contribution >= 4 is 29.1 Å². The van der Waals surface area contributed by atoms with Crippen LogP contribution in [0, 0.1) is 6.92 Å². The first-order valence-corrected chi connectivity index (χ1v) is 8.45. The second-order valence-electron chi connectivity index (χ2n) is 5.65. The van der Waals surface area contributed by atoms with Gasteiger partial charge in [-0.05, 0) is 48.4 Å². The number of ether oxygens (including phenoxy) is 1. The van der Waals surface area contributed by atoms with Crippen LogP contribution in [0.4, 0.5) is 16.3 Å². The van der Waals surface area contributed by atoms with Gasteiger partial charge in [0.05, 0.1) is 0 Å². The van der Waals surface area contributed by atoms with Crippen LogP contribution in [-0.2, 0) is 6.61 Å². The molecule has 1 heterocycles. The third kappa shape index (κ3) is 4.74. The van der Waals surface area contributed by atoms with Gasteiger partial charge in [-0.15, -0.1) is 0 Å². The van der Waals surface area contributed by atoms with Gasteiger partial charge < -0.3 is 10.1 Å². The number of nitrogens with zero attached hydrogens (tertiary/aromatic N) is 1. The lowest BCUT2D eigenvalue weighted by molar-refractivity contribution is 0.261. The molecular weight excluding hydrogens is 350 g/mol. The SMILES string of the molecule is Cc1ccccc1COc1cccnc1NC(=O)Nc1cccc(Cl)c1. The van der Waals surface area contributed by atoms with Crippen molar-refractivity contribution in [1.29, 1.82) is 0 Å². The summed E-state index contributed by atoms with van der Waals surface area (Å²) in [6.07, 6.45) is 1.59.